The Morgan fingerprint density at radius 1 is 1.42 bits per heavy atom. The quantitative estimate of drug-likeness (QED) is 0.334. The Morgan fingerprint density at radius 2 is 2.21 bits per heavy atom. The first-order chi connectivity index (χ1) is 11.0. The predicted octanol–water partition coefficient (Wildman–Crippen LogP) is 2.88. The molecule has 6 nitrogen and oxygen atoms in total. The van der Waals surface area contributed by atoms with Crippen LogP contribution in [0.15, 0.2) is 33.2 Å². The van der Waals surface area contributed by atoms with Gasteiger partial charge in [-0.3, -0.25) is 0 Å². The minimum atomic E-state index is -1.10. The molecule has 0 fully saturated rings. The number of rotatable bonds is 7. The largest absolute Gasteiger partial charge is 0.466 e. The first-order valence-corrected chi connectivity index (χ1v) is 8.65. The number of aromatic nitrogens is 1. The topological polar surface area (TPSA) is 82.7 Å². The molecule has 0 saturated carbocycles. The second-order valence-electron chi connectivity index (χ2n) is 5.39. The lowest BCUT2D eigenvalue weighted by Gasteiger charge is -2.22. The maximum atomic E-state index is 10.5. The van der Waals surface area contributed by atoms with E-state index in [0.717, 1.165) is 23.7 Å². The normalized spacial score (nSPS) is 13.9. The minimum Gasteiger partial charge on any atom is -0.466 e. The lowest BCUT2D eigenvalue weighted by atomic mass is 10.0. The number of aliphatic imine (C=N–C) groups is 1. The van der Waals surface area contributed by atoms with Gasteiger partial charge in [0.2, 0.25) is 0 Å². The summed E-state index contributed by atoms with van der Waals surface area (Å²) < 4.78 is 5.28. The summed E-state index contributed by atoms with van der Waals surface area (Å²) in [6.45, 7) is 7.34. The zero-order valence-corrected chi connectivity index (χ0v) is 17.4. The van der Waals surface area contributed by atoms with Crippen molar-refractivity contribution < 1.29 is 9.52 Å². The van der Waals surface area contributed by atoms with Gasteiger partial charge in [0.1, 0.15) is 11.4 Å². The van der Waals surface area contributed by atoms with E-state index in [1.807, 2.05) is 12.3 Å². The fraction of sp³-hybridized carbons (Fsp3) is 0.500. The third-order valence-corrected chi connectivity index (χ3v) is 4.34. The van der Waals surface area contributed by atoms with Crippen LogP contribution in [0.1, 0.15) is 37.2 Å². The molecule has 8 heteroatoms. The Balaban J connectivity index is 0.00000288. The first-order valence-electron chi connectivity index (χ1n) is 7.77. The molecule has 0 amide bonds. The lowest BCUT2D eigenvalue weighted by molar-refractivity contribution is 0.0386. The molecule has 0 aliphatic carbocycles. The van der Waals surface area contributed by atoms with Crippen molar-refractivity contribution in [3.05, 3.63) is 40.2 Å². The van der Waals surface area contributed by atoms with Crippen LogP contribution >= 0.6 is 35.3 Å². The van der Waals surface area contributed by atoms with Gasteiger partial charge >= 0.3 is 0 Å². The van der Waals surface area contributed by atoms with E-state index in [1.165, 1.54) is 0 Å². The van der Waals surface area contributed by atoms with Crippen LogP contribution in [0.25, 0.3) is 0 Å². The van der Waals surface area contributed by atoms with E-state index in [0.29, 0.717) is 24.8 Å². The second-order valence-corrected chi connectivity index (χ2v) is 6.33. The molecule has 0 aliphatic rings. The van der Waals surface area contributed by atoms with Crippen molar-refractivity contribution in [2.45, 2.75) is 39.3 Å². The summed E-state index contributed by atoms with van der Waals surface area (Å²) in [5, 5.41) is 19.9. The van der Waals surface area contributed by atoms with E-state index in [2.05, 4.69) is 27.5 Å². The van der Waals surface area contributed by atoms with Crippen LogP contribution in [0, 0.1) is 0 Å². The summed E-state index contributed by atoms with van der Waals surface area (Å²) in [5.74, 6) is 1.17. The fourth-order valence-electron chi connectivity index (χ4n) is 2.01. The summed E-state index contributed by atoms with van der Waals surface area (Å²) in [7, 11) is 0. The summed E-state index contributed by atoms with van der Waals surface area (Å²) in [6.07, 6.45) is 2.50. The SMILES string of the molecule is CCNC(=NCc1csc(CC)n1)NCC(C)(O)c1ccco1.I. The second kappa shape index (κ2) is 10.00. The van der Waals surface area contributed by atoms with Crippen molar-refractivity contribution in [1.29, 1.82) is 0 Å². The summed E-state index contributed by atoms with van der Waals surface area (Å²) >= 11 is 1.66. The molecule has 3 N–H and O–H groups in total. The summed E-state index contributed by atoms with van der Waals surface area (Å²) in [6, 6.07) is 3.52. The van der Waals surface area contributed by atoms with Crippen LogP contribution in [-0.2, 0) is 18.6 Å². The number of halogens is 1. The molecule has 2 aromatic heterocycles. The van der Waals surface area contributed by atoms with Crippen LogP contribution < -0.4 is 10.6 Å². The molecule has 24 heavy (non-hydrogen) atoms. The molecule has 2 heterocycles. The van der Waals surface area contributed by atoms with Crippen LogP contribution in [0.2, 0.25) is 0 Å². The number of nitrogens with one attached hydrogen (secondary N) is 2. The van der Waals surface area contributed by atoms with Crippen LogP contribution in [-0.4, -0.2) is 29.1 Å². The minimum absolute atomic E-state index is 0. The molecule has 0 aliphatic heterocycles. The molecule has 0 aromatic carbocycles. The molecule has 134 valence electrons. The van der Waals surface area contributed by atoms with Crippen molar-refractivity contribution in [2.75, 3.05) is 13.1 Å². The monoisotopic (exact) mass is 464 g/mol. The molecule has 2 aromatic rings. The zero-order valence-electron chi connectivity index (χ0n) is 14.2. The summed E-state index contributed by atoms with van der Waals surface area (Å²) in [5.41, 5.74) is -0.141. The molecule has 1 atom stereocenters. The van der Waals surface area contributed by atoms with Gasteiger partial charge in [-0.15, -0.1) is 35.3 Å². The number of thiazole rings is 1. The van der Waals surface area contributed by atoms with Gasteiger partial charge in [0.05, 0.1) is 30.1 Å². The van der Waals surface area contributed by atoms with Crippen LogP contribution in [0.5, 0.6) is 0 Å². The van der Waals surface area contributed by atoms with Gasteiger partial charge in [0, 0.05) is 11.9 Å². The molecule has 0 spiro atoms. The highest BCUT2D eigenvalue weighted by molar-refractivity contribution is 14.0. The van der Waals surface area contributed by atoms with Gasteiger partial charge in [-0.2, -0.15) is 0 Å². The van der Waals surface area contributed by atoms with Gasteiger partial charge in [-0.1, -0.05) is 6.92 Å². The van der Waals surface area contributed by atoms with Gasteiger partial charge < -0.3 is 20.2 Å². The van der Waals surface area contributed by atoms with Crippen LogP contribution in [0.4, 0.5) is 0 Å². The van der Waals surface area contributed by atoms with E-state index in [-0.39, 0.29) is 24.0 Å². The lowest BCUT2D eigenvalue weighted by Crippen LogP contribution is -2.44. The number of aliphatic hydroxyl groups is 1. The number of hydrogen-bond donors (Lipinski definition) is 3. The Morgan fingerprint density at radius 3 is 2.79 bits per heavy atom. The Labute approximate surface area is 163 Å². The highest BCUT2D eigenvalue weighted by atomic mass is 127. The van der Waals surface area contributed by atoms with Crippen molar-refractivity contribution in [2.24, 2.45) is 4.99 Å². The van der Waals surface area contributed by atoms with Crippen molar-refractivity contribution in [1.82, 2.24) is 15.6 Å². The average molecular weight is 464 g/mol. The van der Waals surface area contributed by atoms with Gasteiger partial charge in [0.15, 0.2) is 5.96 Å². The summed E-state index contributed by atoms with van der Waals surface area (Å²) in [4.78, 5) is 9.01. The molecular weight excluding hydrogens is 439 g/mol. The Kier molecular flexibility index (Phi) is 8.71. The van der Waals surface area contributed by atoms with Crippen molar-refractivity contribution >= 4 is 41.3 Å². The molecule has 0 saturated heterocycles. The maximum absolute atomic E-state index is 10.5. The van der Waals surface area contributed by atoms with Gasteiger partial charge in [-0.05, 0) is 32.4 Å². The molecule has 2 rings (SSSR count). The molecule has 0 bridgehead atoms. The van der Waals surface area contributed by atoms with Gasteiger partial charge in [-0.25, -0.2) is 9.98 Å². The molecule has 0 radical (unpaired) electrons. The number of nitrogens with zero attached hydrogens (tertiary/aromatic N) is 2. The van der Waals surface area contributed by atoms with Gasteiger partial charge in [0.25, 0.3) is 0 Å². The van der Waals surface area contributed by atoms with E-state index < -0.39 is 5.60 Å². The van der Waals surface area contributed by atoms with Crippen molar-refractivity contribution in [3.8, 4) is 0 Å². The van der Waals surface area contributed by atoms with Crippen molar-refractivity contribution in [3.63, 3.8) is 0 Å². The predicted molar refractivity (Wildman–Crippen MR) is 108 cm³/mol. The number of hydrogen-bond acceptors (Lipinski definition) is 5. The Hall–Kier alpha value is -1.13. The van der Waals surface area contributed by atoms with E-state index in [9.17, 15) is 5.11 Å². The highest BCUT2D eigenvalue weighted by Gasteiger charge is 2.26. The number of aryl methyl sites for hydroxylation is 1. The number of guanidine groups is 1. The fourth-order valence-corrected chi connectivity index (χ4v) is 2.75. The number of furan rings is 1. The highest BCUT2D eigenvalue weighted by Crippen LogP contribution is 2.19. The third kappa shape index (κ3) is 6.06. The van der Waals surface area contributed by atoms with E-state index >= 15 is 0 Å². The third-order valence-electron chi connectivity index (χ3n) is 3.30. The smallest absolute Gasteiger partial charge is 0.191 e. The zero-order chi connectivity index (χ0) is 16.7. The average Bonchev–Trinajstić information content (AvgIpc) is 3.21. The van der Waals surface area contributed by atoms with E-state index in [4.69, 9.17) is 4.42 Å². The molecule has 1 unspecified atom stereocenters. The maximum Gasteiger partial charge on any atom is 0.191 e. The first kappa shape index (κ1) is 20.9. The van der Waals surface area contributed by atoms with Crippen LogP contribution in [0.3, 0.4) is 0 Å². The standard InChI is InChI=1S/C16H24N4O2S.HI/c1-4-14-20-12(10-23-14)9-18-15(17-5-2)19-11-16(3,21)13-7-6-8-22-13;/h6-8,10,21H,4-5,9,11H2,1-3H3,(H2,17,18,19);1H. The Bertz CT molecular complexity index is 626. The van der Waals surface area contributed by atoms with E-state index in [1.54, 1.807) is 36.7 Å². The molecular formula is C16H25IN4O2S.